The first-order valence-electron chi connectivity index (χ1n) is 22.0. The Morgan fingerprint density at radius 2 is 1.03 bits per heavy atom. The maximum atomic E-state index is 13.4. The van der Waals surface area contributed by atoms with Crippen LogP contribution in [0.15, 0.2) is 220 Å². The molecule has 364 valence electrons. The Morgan fingerprint density at radius 3 is 1.48 bits per heavy atom. The highest BCUT2D eigenvalue weighted by Crippen LogP contribution is 2.34. The lowest BCUT2D eigenvalue weighted by molar-refractivity contribution is 0.215. The van der Waals surface area contributed by atoms with E-state index in [0.29, 0.717) is 63.6 Å². The van der Waals surface area contributed by atoms with Crippen LogP contribution in [0.25, 0.3) is 22.3 Å². The Kier molecular flexibility index (Phi) is 17.0. The van der Waals surface area contributed by atoms with Gasteiger partial charge in [0.2, 0.25) is 19.7 Å². The van der Waals surface area contributed by atoms with Gasteiger partial charge in [-0.05, 0) is 108 Å². The highest BCUT2D eigenvalue weighted by Gasteiger charge is 2.24. The molecule has 7 N–H and O–H groups in total. The SMILES string of the molecule is N#Cc1cccc(-c2ccccc2S(=O)(=O)c2ccc(NC(=O)NCc3cn[nH]c3)cc2)c1.N#Cc1cccc(-c2ccccc2S(=O)(=O)c2ccc(NC(=O)Oc3ccccc3)cc2)c1.NCc1cn[nH]c1. The Bertz CT molecular complexity index is 3620. The smallest absolute Gasteiger partial charge is 0.410 e. The number of rotatable bonds is 12. The number of amides is 3. The predicted octanol–water partition coefficient (Wildman–Crippen LogP) is 9.64. The molecular formula is C54H44N10O7S2. The molecule has 0 unspecified atom stereocenters. The normalized spacial score (nSPS) is 10.7. The molecule has 9 rings (SSSR count). The molecule has 3 amide bonds. The van der Waals surface area contributed by atoms with Gasteiger partial charge in [-0.25, -0.2) is 26.4 Å². The average molecular weight is 1010 g/mol. The molecule has 0 saturated carbocycles. The molecule has 73 heavy (non-hydrogen) atoms. The summed E-state index contributed by atoms with van der Waals surface area (Å²) in [5, 5.41) is 39.1. The number of nitrogens with one attached hydrogen (secondary N) is 5. The van der Waals surface area contributed by atoms with Crippen molar-refractivity contribution >= 4 is 43.2 Å². The number of H-pyrrole nitrogens is 2. The van der Waals surface area contributed by atoms with Gasteiger partial charge in [0, 0.05) is 59.1 Å². The third-order valence-corrected chi connectivity index (χ3v) is 14.2. The van der Waals surface area contributed by atoms with E-state index in [-0.39, 0.29) is 19.6 Å². The molecule has 0 radical (unpaired) electrons. The number of nitrogens with zero attached hydrogens (tertiary/aromatic N) is 4. The molecule has 0 fully saturated rings. The molecule has 0 aliphatic heterocycles. The van der Waals surface area contributed by atoms with E-state index in [1.807, 2.05) is 6.07 Å². The molecule has 2 heterocycles. The van der Waals surface area contributed by atoms with Gasteiger partial charge < -0.3 is 21.1 Å². The van der Waals surface area contributed by atoms with Crippen LogP contribution in [0.1, 0.15) is 22.3 Å². The number of sulfone groups is 2. The number of aromatic amines is 2. The van der Waals surface area contributed by atoms with Crippen LogP contribution >= 0.6 is 0 Å². The van der Waals surface area contributed by atoms with E-state index in [0.717, 1.165) is 11.1 Å². The summed E-state index contributed by atoms with van der Waals surface area (Å²) in [5.41, 5.74) is 11.1. The van der Waals surface area contributed by atoms with Crippen LogP contribution < -0.4 is 26.4 Å². The van der Waals surface area contributed by atoms with Gasteiger partial charge in [0.05, 0.1) is 55.2 Å². The zero-order valence-electron chi connectivity index (χ0n) is 38.5. The number of aromatic nitrogens is 4. The van der Waals surface area contributed by atoms with Gasteiger partial charge in [-0.15, -0.1) is 0 Å². The zero-order valence-corrected chi connectivity index (χ0v) is 40.1. The molecule has 2 aromatic heterocycles. The average Bonchev–Trinajstić information content (AvgIpc) is 4.17. The number of carbonyl (C=O) groups is 2. The fourth-order valence-corrected chi connectivity index (χ4v) is 9.90. The molecule has 0 atom stereocenters. The first-order chi connectivity index (χ1) is 35.4. The quantitative estimate of drug-likeness (QED) is 0.0667. The monoisotopic (exact) mass is 1010 g/mol. The highest BCUT2D eigenvalue weighted by molar-refractivity contribution is 7.92. The van der Waals surface area contributed by atoms with Crippen molar-refractivity contribution in [1.29, 1.82) is 10.5 Å². The summed E-state index contributed by atoms with van der Waals surface area (Å²) >= 11 is 0. The van der Waals surface area contributed by atoms with E-state index >= 15 is 0 Å². The predicted molar refractivity (Wildman–Crippen MR) is 274 cm³/mol. The molecule has 7 aromatic carbocycles. The van der Waals surface area contributed by atoms with Crippen molar-refractivity contribution in [1.82, 2.24) is 25.7 Å². The number of nitrogens with two attached hydrogens (primary N) is 1. The summed E-state index contributed by atoms with van der Waals surface area (Å²) in [6.07, 6.45) is 6.09. The van der Waals surface area contributed by atoms with Gasteiger partial charge in [0.15, 0.2) is 0 Å². The fraction of sp³-hybridized carbons (Fsp3) is 0.0370. The van der Waals surface area contributed by atoms with E-state index in [9.17, 15) is 36.9 Å². The van der Waals surface area contributed by atoms with Crippen molar-refractivity contribution < 1.29 is 31.2 Å². The number of para-hydroxylation sites is 1. The van der Waals surface area contributed by atoms with E-state index in [4.69, 9.17) is 10.5 Å². The number of urea groups is 1. The van der Waals surface area contributed by atoms with Gasteiger partial charge in [-0.2, -0.15) is 20.7 Å². The maximum absolute atomic E-state index is 13.4. The van der Waals surface area contributed by atoms with Crippen LogP contribution in [0.4, 0.5) is 21.0 Å². The minimum absolute atomic E-state index is 0.0772. The van der Waals surface area contributed by atoms with Gasteiger partial charge in [-0.3, -0.25) is 15.5 Å². The summed E-state index contributed by atoms with van der Waals surface area (Å²) in [5.74, 6) is 0.395. The van der Waals surface area contributed by atoms with Crippen LogP contribution in [0.5, 0.6) is 5.75 Å². The zero-order chi connectivity index (χ0) is 51.6. The first-order valence-corrected chi connectivity index (χ1v) is 25.0. The Balaban J connectivity index is 0.000000188. The highest BCUT2D eigenvalue weighted by atomic mass is 32.2. The number of hydrogen-bond donors (Lipinski definition) is 6. The second-order valence-corrected chi connectivity index (χ2v) is 19.3. The van der Waals surface area contributed by atoms with E-state index in [1.165, 1.54) is 54.6 Å². The number of hydrogen-bond acceptors (Lipinski definition) is 12. The van der Waals surface area contributed by atoms with Crippen LogP contribution in [0.3, 0.4) is 0 Å². The summed E-state index contributed by atoms with van der Waals surface area (Å²) < 4.78 is 58.7. The van der Waals surface area contributed by atoms with E-state index < -0.39 is 31.8 Å². The van der Waals surface area contributed by atoms with Gasteiger partial charge in [0.25, 0.3) is 0 Å². The Morgan fingerprint density at radius 1 is 0.562 bits per heavy atom. The number of carbonyl (C=O) groups excluding carboxylic acids is 2. The Labute approximate surface area is 420 Å². The first kappa shape index (κ1) is 51.2. The lowest BCUT2D eigenvalue weighted by Crippen LogP contribution is -2.28. The van der Waals surface area contributed by atoms with Crippen LogP contribution in [-0.2, 0) is 32.8 Å². The van der Waals surface area contributed by atoms with Crippen molar-refractivity contribution in [2.45, 2.75) is 32.7 Å². The number of ether oxygens (including phenoxy) is 1. The molecule has 0 aliphatic carbocycles. The molecule has 19 heteroatoms. The molecule has 0 aliphatic rings. The van der Waals surface area contributed by atoms with Gasteiger partial charge >= 0.3 is 12.1 Å². The number of anilines is 2. The van der Waals surface area contributed by atoms with Gasteiger partial charge in [-0.1, -0.05) is 78.9 Å². The van der Waals surface area contributed by atoms with Crippen molar-refractivity contribution in [3.05, 3.63) is 223 Å². The second kappa shape index (κ2) is 24.3. The lowest BCUT2D eigenvalue weighted by Gasteiger charge is -2.12. The summed E-state index contributed by atoms with van der Waals surface area (Å²) in [4.78, 5) is 24.6. The fourth-order valence-electron chi connectivity index (χ4n) is 6.94. The minimum Gasteiger partial charge on any atom is -0.410 e. The molecule has 9 aromatic rings. The number of benzene rings is 7. The minimum atomic E-state index is -3.86. The third kappa shape index (κ3) is 13.6. The summed E-state index contributed by atoms with van der Waals surface area (Å²) in [6.45, 7) is 0.870. The molecule has 17 nitrogen and oxygen atoms in total. The standard InChI is InChI=1S/C26H18N2O4S.C24H19N5O3S.C4H7N3/c27-18-19-7-6-8-20(17-19)24-11-4-5-12-25(24)33(30,31)23-15-13-21(14-16-23)28-26(29)32-22-9-2-1-3-10-22;25-13-17-4-3-5-19(12-17)22-6-1-2-7-23(22)33(31,32)21-10-8-20(9-11-21)29-24(30)26-14-18-15-27-28-16-18;5-1-4-2-6-7-3-4/h1-17H,(H,28,29);1-12,15-16H,14H2,(H,27,28)(H2,26,29,30);2-3H,1,5H2,(H,6,7). The molecule has 0 spiro atoms. The second-order valence-electron chi connectivity index (χ2n) is 15.5. The van der Waals surface area contributed by atoms with E-state index in [1.54, 1.807) is 140 Å². The summed E-state index contributed by atoms with van der Waals surface area (Å²) in [7, 11) is -7.70. The van der Waals surface area contributed by atoms with Gasteiger partial charge in [0.1, 0.15) is 5.75 Å². The van der Waals surface area contributed by atoms with Crippen LogP contribution in [0, 0.1) is 22.7 Å². The Hall–Kier alpha value is -9.66. The van der Waals surface area contributed by atoms with Crippen LogP contribution in [0.2, 0.25) is 0 Å². The molecule has 0 bridgehead atoms. The number of nitriles is 2. The van der Waals surface area contributed by atoms with Crippen molar-refractivity contribution in [2.75, 3.05) is 10.6 Å². The largest absolute Gasteiger partial charge is 0.417 e. The maximum Gasteiger partial charge on any atom is 0.417 e. The van der Waals surface area contributed by atoms with E-state index in [2.05, 4.69) is 48.5 Å². The summed E-state index contributed by atoms with van der Waals surface area (Å²) in [6, 6.07) is 51.0. The van der Waals surface area contributed by atoms with Crippen molar-refractivity contribution in [3.63, 3.8) is 0 Å². The molecule has 0 saturated heterocycles. The van der Waals surface area contributed by atoms with Crippen LogP contribution in [-0.4, -0.2) is 49.4 Å². The third-order valence-electron chi connectivity index (χ3n) is 10.5. The lowest BCUT2D eigenvalue weighted by atomic mass is 10.0. The topological polar surface area (TPSA) is 279 Å². The van der Waals surface area contributed by atoms with Crippen molar-refractivity contribution in [3.8, 4) is 40.1 Å². The molecular weight excluding hydrogens is 965 g/mol. The van der Waals surface area contributed by atoms with Crippen molar-refractivity contribution in [2.24, 2.45) is 5.73 Å².